The molecule has 0 aliphatic heterocycles. The van der Waals surface area contributed by atoms with Gasteiger partial charge in [0.2, 0.25) is 5.91 Å². The smallest absolute Gasteiger partial charge is 0.307 e. The number of primary amides is 1. The lowest BCUT2D eigenvalue weighted by Gasteiger charge is -2.26. The highest BCUT2D eigenvalue weighted by Crippen LogP contribution is 2.52. The van der Waals surface area contributed by atoms with Crippen molar-refractivity contribution in [3.8, 4) is 0 Å². The van der Waals surface area contributed by atoms with Crippen LogP contribution in [0.25, 0.3) is 0 Å². The summed E-state index contributed by atoms with van der Waals surface area (Å²) in [5.41, 5.74) is 5.51. The second kappa shape index (κ2) is 5.14. The summed E-state index contributed by atoms with van der Waals surface area (Å²) in [6, 6.07) is 1.55. The van der Waals surface area contributed by atoms with Crippen molar-refractivity contribution < 1.29 is 19.5 Å². The molecule has 2 fully saturated rings. The number of fused-ring (bicyclic) bond motifs is 2. The number of aliphatic carboxylic acids is 1. The first-order valence-corrected chi connectivity index (χ1v) is 7.78. The molecule has 7 heteroatoms. The van der Waals surface area contributed by atoms with Crippen LogP contribution in [0.3, 0.4) is 0 Å². The lowest BCUT2D eigenvalue weighted by molar-refractivity contribution is -0.148. The van der Waals surface area contributed by atoms with Crippen LogP contribution in [0.1, 0.15) is 29.6 Å². The molecule has 0 saturated heterocycles. The predicted octanol–water partition coefficient (Wildman–Crippen LogP) is 1.53. The van der Waals surface area contributed by atoms with Gasteiger partial charge >= 0.3 is 5.97 Å². The van der Waals surface area contributed by atoms with Gasteiger partial charge in [0.25, 0.3) is 5.91 Å². The van der Waals surface area contributed by atoms with E-state index in [2.05, 4.69) is 5.32 Å². The van der Waals surface area contributed by atoms with Crippen molar-refractivity contribution in [2.45, 2.75) is 19.3 Å². The highest BCUT2D eigenvalue weighted by molar-refractivity contribution is 7.14. The number of carbonyl (C=O) groups excluding carboxylic acids is 2. The molecule has 4 N–H and O–H groups in total. The van der Waals surface area contributed by atoms with Crippen molar-refractivity contribution in [2.24, 2.45) is 29.4 Å². The van der Waals surface area contributed by atoms with Crippen molar-refractivity contribution in [1.82, 2.24) is 0 Å². The van der Waals surface area contributed by atoms with Gasteiger partial charge in [-0.15, -0.1) is 11.3 Å². The average molecular weight is 308 g/mol. The van der Waals surface area contributed by atoms with Crippen molar-refractivity contribution in [2.75, 3.05) is 5.32 Å². The van der Waals surface area contributed by atoms with E-state index in [9.17, 15) is 19.5 Å². The number of rotatable bonds is 4. The summed E-state index contributed by atoms with van der Waals surface area (Å²) in [4.78, 5) is 35.2. The van der Waals surface area contributed by atoms with Gasteiger partial charge in [0.05, 0.1) is 17.4 Å². The quantitative estimate of drug-likeness (QED) is 0.783. The molecule has 3 rings (SSSR count). The zero-order valence-electron chi connectivity index (χ0n) is 11.2. The third-order valence-electron chi connectivity index (χ3n) is 4.67. The first-order valence-electron chi connectivity index (χ1n) is 6.90. The van der Waals surface area contributed by atoms with E-state index in [0.29, 0.717) is 5.00 Å². The lowest BCUT2D eigenvalue weighted by Crippen LogP contribution is -2.38. The van der Waals surface area contributed by atoms with Gasteiger partial charge in [0.1, 0.15) is 5.00 Å². The maximum Gasteiger partial charge on any atom is 0.307 e. The van der Waals surface area contributed by atoms with Gasteiger partial charge in [0, 0.05) is 0 Å². The fraction of sp³-hybridized carbons (Fsp3) is 0.500. The number of nitrogens with two attached hydrogens (primary N) is 1. The van der Waals surface area contributed by atoms with Gasteiger partial charge in [-0.2, -0.15) is 0 Å². The van der Waals surface area contributed by atoms with Crippen LogP contribution in [0.5, 0.6) is 0 Å². The Morgan fingerprint density at radius 2 is 1.90 bits per heavy atom. The molecule has 112 valence electrons. The van der Waals surface area contributed by atoms with Crippen molar-refractivity contribution >= 4 is 34.1 Å². The van der Waals surface area contributed by atoms with Gasteiger partial charge < -0.3 is 16.2 Å². The fourth-order valence-electron chi connectivity index (χ4n) is 3.82. The number of carbonyl (C=O) groups is 3. The summed E-state index contributed by atoms with van der Waals surface area (Å²) in [6.45, 7) is 0. The van der Waals surface area contributed by atoms with Crippen LogP contribution in [-0.2, 0) is 9.59 Å². The summed E-state index contributed by atoms with van der Waals surface area (Å²) in [5.74, 6) is -2.70. The molecule has 2 bridgehead atoms. The van der Waals surface area contributed by atoms with E-state index < -0.39 is 23.7 Å². The highest BCUT2D eigenvalue weighted by atomic mass is 32.1. The molecule has 0 aromatic carbocycles. The number of carboxylic acids is 1. The minimum atomic E-state index is -0.899. The Labute approximate surface area is 125 Å². The fourth-order valence-corrected chi connectivity index (χ4v) is 4.61. The largest absolute Gasteiger partial charge is 0.481 e. The van der Waals surface area contributed by atoms with Crippen LogP contribution in [0, 0.1) is 23.7 Å². The molecule has 21 heavy (non-hydrogen) atoms. The van der Waals surface area contributed by atoms with Crippen LogP contribution < -0.4 is 11.1 Å². The van der Waals surface area contributed by atoms with Gasteiger partial charge in [-0.25, -0.2) is 0 Å². The molecule has 2 aliphatic rings. The summed E-state index contributed by atoms with van der Waals surface area (Å²) >= 11 is 1.21. The van der Waals surface area contributed by atoms with Gasteiger partial charge in [-0.3, -0.25) is 14.4 Å². The van der Waals surface area contributed by atoms with Gasteiger partial charge in [-0.05, 0) is 42.5 Å². The van der Waals surface area contributed by atoms with Crippen molar-refractivity contribution in [3.05, 3.63) is 17.0 Å². The van der Waals surface area contributed by atoms with Gasteiger partial charge in [0.15, 0.2) is 0 Å². The predicted molar refractivity (Wildman–Crippen MR) is 76.9 cm³/mol. The standard InChI is InChI=1S/C14H16N2O4S/c15-11(17)8-3-4-21-13(8)16-12(18)9-6-1-2-7(5-6)10(9)14(19)20/h3-4,6-7,9-10H,1-2,5H2,(H2,15,17)(H,16,18)(H,19,20)/t6-,7+,9+,10+/m1/s1. The minimum Gasteiger partial charge on any atom is -0.481 e. The van der Waals surface area contributed by atoms with E-state index in [0.717, 1.165) is 19.3 Å². The van der Waals surface area contributed by atoms with Crippen LogP contribution in [0.2, 0.25) is 0 Å². The Bertz CT molecular complexity index is 612. The van der Waals surface area contributed by atoms with Crippen LogP contribution in [0.15, 0.2) is 11.4 Å². The maximum atomic E-state index is 12.5. The average Bonchev–Trinajstić information content (AvgIpc) is 3.11. The number of amides is 2. The molecule has 6 nitrogen and oxygen atoms in total. The molecule has 4 atom stereocenters. The van der Waals surface area contributed by atoms with Gasteiger partial charge in [-0.1, -0.05) is 0 Å². The monoisotopic (exact) mass is 308 g/mol. The van der Waals surface area contributed by atoms with E-state index in [4.69, 9.17) is 5.73 Å². The van der Waals surface area contributed by atoms with Crippen LogP contribution >= 0.6 is 11.3 Å². The lowest BCUT2D eigenvalue weighted by atomic mass is 9.79. The molecule has 0 radical (unpaired) electrons. The third-order valence-corrected chi connectivity index (χ3v) is 5.50. The topological polar surface area (TPSA) is 109 Å². The second-order valence-electron chi connectivity index (χ2n) is 5.74. The Morgan fingerprint density at radius 1 is 1.24 bits per heavy atom. The van der Waals surface area contributed by atoms with E-state index in [1.807, 2.05) is 0 Å². The number of hydrogen-bond donors (Lipinski definition) is 3. The molecule has 2 amide bonds. The summed E-state index contributed by atoms with van der Waals surface area (Å²) in [7, 11) is 0. The number of hydrogen-bond acceptors (Lipinski definition) is 4. The molecule has 0 spiro atoms. The minimum absolute atomic E-state index is 0.0993. The normalized spacial score (nSPS) is 30.3. The van der Waals surface area contributed by atoms with E-state index >= 15 is 0 Å². The van der Waals surface area contributed by atoms with E-state index in [-0.39, 0.29) is 23.3 Å². The zero-order chi connectivity index (χ0) is 15.1. The zero-order valence-corrected chi connectivity index (χ0v) is 12.1. The van der Waals surface area contributed by atoms with Crippen molar-refractivity contribution in [1.29, 1.82) is 0 Å². The molecule has 1 aromatic heterocycles. The second-order valence-corrected chi connectivity index (χ2v) is 6.66. The number of thiophene rings is 1. The molecule has 0 unspecified atom stereocenters. The summed E-state index contributed by atoms with van der Waals surface area (Å²) < 4.78 is 0. The highest BCUT2D eigenvalue weighted by Gasteiger charge is 2.54. The maximum absolute atomic E-state index is 12.5. The molecule has 2 saturated carbocycles. The van der Waals surface area contributed by atoms with Crippen molar-refractivity contribution in [3.63, 3.8) is 0 Å². The molecule has 1 aromatic rings. The Kier molecular flexibility index (Phi) is 3.44. The van der Waals surface area contributed by atoms with Crippen LogP contribution in [-0.4, -0.2) is 22.9 Å². The third kappa shape index (κ3) is 2.31. The molecular formula is C14H16N2O4S. The van der Waals surface area contributed by atoms with Crippen LogP contribution in [0.4, 0.5) is 5.00 Å². The number of carboxylic acid groups (broad SMARTS) is 1. The SMILES string of the molecule is NC(=O)c1ccsc1NC(=O)[C@H]1[C@@H]2CC[C@@H](C2)[C@@H]1C(=O)O. The molecular weight excluding hydrogens is 292 g/mol. The summed E-state index contributed by atoms with van der Waals surface area (Å²) in [6.07, 6.45) is 2.60. The molecule has 2 aliphatic carbocycles. The first-order chi connectivity index (χ1) is 9.99. The molecule has 1 heterocycles. The Hall–Kier alpha value is -1.89. The van der Waals surface area contributed by atoms with E-state index in [1.54, 1.807) is 11.4 Å². The number of nitrogens with one attached hydrogen (secondary N) is 1. The Balaban J connectivity index is 1.80. The first kappa shape index (κ1) is 14.1. The Morgan fingerprint density at radius 3 is 2.52 bits per heavy atom. The van der Waals surface area contributed by atoms with E-state index in [1.165, 1.54) is 11.3 Å². The number of anilines is 1. The summed E-state index contributed by atoms with van der Waals surface area (Å²) in [5, 5.41) is 14.1.